The highest BCUT2D eigenvalue weighted by molar-refractivity contribution is 5.79. The zero-order chi connectivity index (χ0) is 24.1. The summed E-state index contributed by atoms with van der Waals surface area (Å²) in [5.41, 5.74) is 4.58. The number of carboxylic acid groups (broad SMARTS) is 1. The lowest BCUT2D eigenvalue weighted by Crippen LogP contribution is -2.40. The van der Waals surface area contributed by atoms with Gasteiger partial charge in [-0.15, -0.1) is 0 Å². The summed E-state index contributed by atoms with van der Waals surface area (Å²) in [6.45, 7) is 0.315. The van der Waals surface area contributed by atoms with Gasteiger partial charge >= 0.3 is 12.1 Å². The average Bonchev–Trinajstić information content (AvgIpc) is 3.43. The molecule has 34 heavy (non-hydrogen) atoms. The third-order valence-corrected chi connectivity index (χ3v) is 6.31. The first-order chi connectivity index (χ1) is 16.5. The standard InChI is InChI=1S/C26H28N2O6/c1-33-18(13-24(29)28-17-11-10-16(12-17)25(30)31)14-27-26(32)34-15-23-21-8-4-2-6-19(21)20-7-3-5-9-22(20)23/h2-11,16-18,23H,12-15H2,1H3,(H,27,32)(H,28,29)(H,30,31). The fraction of sp³-hybridized carbons (Fsp3) is 0.346. The normalized spacial score (nSPS) is 19.2. The number of carbonyl (C=O) groups is 3. The fourth-order valence-corrected chi connectivity index (χ4v) is 4.55. The van der Waals surface area contributed by atoms with Gasteiger partial charge in [0.05, 0.1) is 18.4 Å². The van der Waals surface area contributed by atoms with Crippen LogP contribution in [0.1, 0.15) is 29.9 Å². The number of amides is 2. The van der Waals surface area contributed by atoms with Crippen LogP contribution in [0.2, 0.25) is 0 Å². The highest BCUT2D eigenvalue weighted by Crippen LogP contribution is 2.44. The zero-order valence-electron chi connectivity index (χ0n) is 18.9. The lowest BCUT2D eigenvalue weighted by Gasteiger charge is -2.19. The molecule has 0 spiro atoms. The van der Waals surface area contributed by atoms with Gasteiger partial charge in [-0.3, -0.25) is 9.59 Å². The summed E-state index contributed by atoms with van der Waals surface area (Å²) in [5.74, 6) is -1.80. The Labute approximate surface area is 198 Å². The number of alkyl carbamates (subject to hydrolysis) is 1. The molecular weight excluding hydrogens is 436 g/mol. The van der Waals surface area contributed by atoms with Crippen LogP contribution in [0.25, 0.3) is 11.1 Å². The van der Waals surface area contributed by atoms with Gasteiger partial charge in [-0.25, -0.2) is 4.79 Å². The van der Waals surface area contributed by atoms with Crippen LogP contribution < -0.4 is 10.6 Å². The van der Waals surface area contributed by atoms with Gasteiger partial charge in [0.1, 0.15) is 6.61 Å². The number of ether oxygens (including phenoxy) is 2. The van der Waals surface area contributed by atoms with Crippen LogP contribution in [-0.4, -0.2) is 55.5 Å². The van der Waals surface area contributed by atoms with Crippen molar-refractivity contribution in [2.75, 3.05) is 20.3 Å². The number of carbonyl (C=O) groups excluding carboxylic acids is 2. The quantitative estimate of drug-likeness (QED) is 0.492. The Morgan fingerprint density at radius 3 is 2.26 bits per heavy atom. The van der Waals surface area contributed by atoms with Gasteiger partial charge in [-0.05, 0) is 28.7 Å². The number of carboxylic acids is 1. The average molecular weight is 465 g/mol. The molecule has 0 aliphatic heterocycles. The maximum Gasteiger partial charge on any atom is 0.407 e. The minimum Gasteiger partial charge on any atom is -0.481 e. The Bertz CT molecular complexity index is 1050. The van der Waals surface area contributed by atoms with Crippen LogP contribution in [0.4, 0.5) is 4.79 Å². The number of fused-ring (bicyclic) bond motifs is 3. The molecule has 4 rings (SSSR count). The Balaban J connectivity index is 1.24. The molecule has 8 heteroatoms. The molecule has 0 saturated heterocycles. The largest absolute Gasteiger partial charge is 0.481 e. The number of benzene rings is 2. The van der Waals surface area contributed by atoms with E-state index in [-0.39, 0.29) is 37.4 Å². The molecule has 178 valence electrons. The summed E-state index contributed by atoms with van der Waals surface area (Å²) in [6, 6.07) is 15.9. The number of aliphatic carboxylic acids is 1. The van der Waals surface area contributed by atoms with E-state index >= 15 is 0 Å². The predicted octanol–water partition coefficient (Wildman–Crippen LogP) is 3.08. The number of nitrogens with one attached hydrogen (secondary N) is 2. The first-order valence-electron chi connectivity index (χ1n) is 11.3. The number of rotatable bonds is 9. The van der Waals surface area contributed by atoms with Crippen molar-refractivity contribution in [3.63, 3.8) is 0 Å². The van der Waals surface area contributed by atoms with Crippen LogP contribution in [0.3, 0.4) is 0 Å². The molecule has 2 amide bonds. The van der Waals surface area contributed by atoms with E-state index in [0.717, 1.165) is 22.3 Å². The van der Waals surface area contributed by atoms with Crippen LogP contribution in [0.5, 0.6) is 0 Å². The van der Waals surface area contributed by atoms with Crippen molar-refractivity contribution in [3.05, 3.63) is 71.8 Å². The topological polar surface area (TPSA) is 114 Å². The molecule has 0 radical (unpaired) electrons. The molecule has 3 N–H and O–H groups in total. The van der Waals surface area contributed by atoms with Gasteiger partial charge in [0, 0.05) is 25.6 Å². The molecule has 2 aromatic rings. The van der Waals surface area contributed by atoms with Gasteiger partial charge in [0.2, 0.25) is 5.91 Å². The van der Waals surface area contributed by atoms with Crippen LogP contribution in [-0.2, 0) is 19.1 Å². The number of hydrogen-bond donors (Lipinski definition) is 3. The molecule has 3 unspecified atom stereocenters. The van der Waals surface area contributed by atoms with E-state index in [2.05, 4.69) is 34.9 Å². The van der Waals surface area contributed by atoms with Gasteiger partial charge in [0.15, 0.2) is 0 Å². The smallest absolute Gasteiger partial charge is 0.407 e. The summed E-state index contributed by atoms with van der Waals surface area (Å²) in [6.07, 6.45) is 2.51. The summed E-state index contributed by atoms with van der Waals surface area (Å²) < 4.78 is 10.8. The summed E-state index contributed by atoms with van der Waals surface area (Å²) in [4.78, 5) is 35.7. The van der Waals surface area contributed by atoms with Crippen molar-refractivity contribution in [3.8, 4) is 11.1 Å². The second-order valence-electron chi connectivity index (χ2n) is 8.51. The third-order valence-electron chi connectivity index (χ3n) is 6.31. The van der Waals surface area contributed by atoms with Gasteiger partial charge < -0.3 is 25.2 Å². The fourth-order valence-electron chi connectivity index (χ4n) is 4.55. The Morgan fingerprint density at radius 2 is 1.68 bits per heavy atom. The first-order valence-corrected chi connectivity index (χ1v) is 11.3. The van der Waals surface area contributed by atoms with E-state index in [0.29, 0.717) is 6.42 Å². The van der Waals surface area contributed by atoms with E-state index in [1.165, 1.54) is 7.11 Å². The Morgan fingerprint density at radius 1 is 1.03 bits per heavy atom. The van der Waals surface area contributed by atoms with Crippen LogP contribution >= 0.6 is 0 Å². The monoisotopic (exact) mass is 464 g/mol. The molecule has 0 fully saturated rings. The summed E-state index contributed by atoms with van der Waals surface area (Å²) >= 11 is 0. The molecule has 8 nitrogen and oxygen atoms in total. The van der Waals surface area contributed by atoms with Gasteiger partial charge in [-0.2, -0.15) is 0 Å². The van der Waals surface area contributed by atoms with Gasteiger partial charge in [-0.1, -0.05) is 60.7 Å². The minimum atomic E-state index is -0.907. The maximum absolute atomic E-state index is 12.4. The highest BCUT2D eigenvalue weighted by atomic mass is 16.5. The Hall–Kier alpha value is -3.65. The predicted molar refractivity (Wildman–Crippen MR) is 125 cm³/mol. The molecular formula is C26H28N2O6. The SMILES string of the molecule is COC(CNC(=O)OCC1c2ccccc2-c2ccccc21)CC(=O)NC1C=CC(C(=O)O)C1. The summed E-state index contributed by atoms with van der Waals surface area (Å²) in [7, 11) is 1.47. The van der Waals surface area contributed by atoms with Crippen molar-refractivity contribution in [1.82, 2.24) is 10.6 Å². The van der Waals surface area contributed by atoms with Gasteiger partial charge in [0.25, 0.3) is 0 Å². The van der Waals surface area contributed by atoms with Crippen molar-refractivity contribution >= 4 is 18.0 Å². The van der Waals surface area contributed by atoms with E-state index in [1.54, 1.807) is 12.2 Å². The number of hydrogen-bond acceptors (Lipinski definition) is 5. The van der Waals surface area contributed by atoms with E-state index in [4.69, 9.17) is 14.6 Å². The van der Waals surface area contributed by atoms with E-state index in [9.17, 15) is 14.4 Å². The minimum absolute atomic E-state index is 0.0300. The van der Waals surface area contributed by atoms with Crippen LogP contribution in [0.15, 0.2) is 60.7 Å². The first kappa shape index (κ1) is 23.5. The van der Waals surface area contributed by atoms with Crippen molar-refractivity contribution in [2.24, 2.45) is 5.92 Å². The molecule has 0 bridgehead atoms. The lowest BCUT2D eigenvalue weighted by atomic mass is 9.98. The Kier molecular flexibility index (Phi) is 7.27. The molecule has 2 aliphatic rings. The second-order valence-corrected chi connectivity index (χ2v) is 8.51. The van der Waals surface area contributed by atoms with E-state index in [1.807, 2.05) is 24.3 Å². The maximum atomic E-state index is 12.4. The number of methoxy groups -OCH3 is 1. The van der Waals surface area contributed by atoms with Crippen molar-refractivity contribution in [1.29, 1.82) is 0 Å². The third kappa shape index (κ3) is 5.28. The second kappa shape index (κ2) is 10.5. The van der Waals surface area contributed by atoms with Crippen molar-refractivity contribution in [2.45, 2.75) is 30.9 Å². The summed E-state index contributed by atoms with van der Waals surface area (Å²) in [5, 5.41) is 14.5. The highest BCUT2D eigenvalue weighted by Gasteiger charge is 2.29. The molecule has 2 aliphatic carbocycles. The van der Waals surface area contributed by atoms with Crippen molar-refractivity contribution < 1.29 is 29.0 Å². The molecule has 0 saturated carbocycles. The molecule has 0 heterocycles. The molecule has 0 aromatic heterocycles. The zero-order valence-corrected chi connectivity index (χ0v) is 18.9. The van der Waals surface area contributed by atoms with E-state index < -0.39 is 24.1 Å². The molecule has 3 atom stereocenters. The molecule has 2 aromatic carbocycles. The lowest BCUT2D eigenvalue weighted by molar-refractivity contribution is -0.140. The van der Waals surface area contributed by atoms with Crippen LogP contribution in [0, 0.1) is 5.92 Å².